The zero-order chi connectivity index (χ0) is 29.2. The Morgan fingerprint density at radius 1 is 1.12 bits per heavy atom. The number of alkyl halides is 3. The minimum Gasteiger partial charge on any atom is -0.340 e. The van der Waals surface area contributed by atoms with Crippen LogP contribution in [0.3, 0.4) is 0 Å². The molecule has 0 bridgehead atoms. The van der Waals surface area contributed by atoms with E-state index in [9.17, 15) is 27.6 Å². The first-order valence-electron chi connectivity index (χ1n) is 14.5. The molecule has 3 aliphatic rings. The molecule has 2 saturated heterocycles. The fourth-order valence-corrected chi connectivity index (χ4v) is 6.24. The number of amides is 4. The molecule has 2 heterocycles. The van der Waals surface area contributed by atoms with Crippen LogP contribution in [0.4, 0.5) is 23.7 Å². The third-order valence-electron chi connectivity index (χ3n) is 8.89. The summed E-state index contributed by atoms with van der Waals surface area (Å²) in [6, 6.07) is 2.38. The number of nitrogens with zero attached hydrogens (tertiary/aromatic N) is 3. The monoisotopic (exact) mass is 565 g/mol. The number of carbonyl (C=O) groups excluding carboxylic acids is 3. The molecule has 1 saturated carbocycles. The van der Waals surface area contributed by atoms with Crippen LogP contribution >= 0.6 is 0 Å². The second kappa shape index (κ2) is 12.4. The van der Waals surface area contributed by atoms with Crippen molar-refractivity contribution < 1.29 is 27.6 Å². The van der Waals surface area contributed by atoms with E-state index in [-0.39, 0.29) is 23.2 Å². The molecule has 4 atom stereocenters. The molecule has 0 radical (unpaired) electrons. The van der Waals surface area contributed by atoms with E-state index in [1.807, 2.05) is 4.90 Å². The summed E-state index contributed by atoms with van der Waals surface area (Å²) in [4.78, 5) is 45.1. The third kappa shape index (κ3) is 6.56. The molecule has 40 heavy (non-hydrogen) atoms. The highest BCUT2D eigenvalue weighted by molar-refractivity contribution is 6.05. The number of hydrogen-bond acceptors (Lipinski definition) is 4. The van der Waals surface area contributed by atoms with Gasteiger partial charge < -0.3 is 25.3 Å². The topological polar surface area (TPSA) is 85.0 Å². The largest absolute Gasteiger partial charge is 0.416 e. The Morgan fingerprint density at radius 3 is 2.45 bits per heavy atom. The molecule has 4 amide bonds. The molecular formula is C29H42F3N5O3. The Hall–Kier alpha value is -2.82. The average Bonchev–Trinajstić information content (AvgIpc) is 3.21. The Kier molecular flexibility index (Phi) is 9.32. The lowest BCUT2D eigenvalue weighted by Crippen LogP contribution is -2.51. The first-order chi connectivity index (χ1) is 18.9. The number of carbonyl (C=O) groups is 3. The van der Waals surface area contributed by atoms with Gasteiger partial charge in [0.1, 0.15) is 6.04 Å². The van der Waals surface area contributed by atoms with Crippen molar-refractivity contribution in [3.05, 3.63) is 29.3 Å². The maximum Gasteiger partial charge on any atom is 0.416 e. The Labute approximate surface area is 234 Å². The van der Waals surface area contributed by atoms with E-state index in [0.717, 1.165) is 56.7 Å². The van der Waals surface area contributed by atoms with E-state index < -0.39 is 29.7 Å². The fraction of sp³-hybridized carbons (Fsp3) is 0.690. The van der Waals surface area contributed by atoms with Crippen molar-refractivity contribution >= 4 is 23.5 Å². The molecule has 2 N–H and O–H groups in total. The van der Waals surface area contributed by atoms with Crippen molar-refractivity contribution in [2.24, 2.45) is 5.92 Å². The zero-order valence-corrected chi connectivity index (χ0v) is 23.9. The number of benzene rings is 1. The van der Waals surface area contributed by atoms with Crippen molar-refractivity contribution in [2.75, 3.05) is 32.0 Å². The van der Waals surface area contributed by atoms with Crippen LogP contribution in [0.2, 0.25) is 0 Å². The molecular weight excluding hydrogens is 523 g/mol. The summed E-state index contributed by atoms with van der Waals surface area (Å²) in [6.45, 7) is 8.12. The maximum atomic E-state index is 13.5. The number of hydrogen-bond donors (Lipinski definition) is 2. The average molecular weight is 566 g/mol. The highest BCUT2D eigenvalue weighted by atomic mass is 19.4. The number of halogens is 3. The highest BCUT2D eigenvalue weighted by Crippen LogP contribution is 2.37. The molecule has 2 aliphatic heterocycles. The van der Waals surface area contributed by atoms with E-state index in [0.29, 0.717) is 44.1 Å². The predicted octanol–water partition coefficient (Wildman–Crippen LogP) is 4.95. The van der Waals surface area contributed by atoms with Gasteiger partial charge in [-0.3, -0.25) is 9.59 Å². The summed E-state index contributed by atoms with van der Waals surface area (Å²) in [5.41, 5.74) is -1.32. The molecule has 4 rings (SSSR count). The van der Waals surface area contributed by atoms with E-state index in [1.165, 1.54) is 4.90 Å². The van der Waals surface area contributed by atoms with Crippen molar-refractivity contribution in [1.82, 2.24) is 20.0 Å². The Bertz CT molecular complexity index is 1090. The van der Waals surface area contributed by atoms with E-state index in [4.69, 9.17) is 0 Å². The molecule has 8 nitrogen and oxygen atoms in total. The number of anilines is 1. The number of urea groups is 1. The lowest BCUT2D eigenvalue weighted by molar-refractivity contribution is -0.137. The summed E-state index contributed by atoms with van der Waals surface area (Å²) in [5.74, 6) is -0.638. The molecule has 0 unspecified atom stereocenters. The number of rotatable bonds is 8. The van der Waals surface area contributed by atoms with E-state index in [2.05, 4.69) is 43.4 Å². The number of likely N-dealkylation sites (tertiary alicyclic amines) is 2. The van der Waals surface area contributed by atoms with Crippen LogP contribution in [-0.4, -0.2) is 83.4 Å². The van der Waals surface area contributed by atoms with Gasteiger partial charge in [-0.05, 0) is 83.5 Å². The van der Waals surface area contributed by atoms with Gasteiger partial charge in [0, 0.05) is 37.8 Å². The Morgan fingerprint density at radius 2 is 1.85 bits per heavy atom. The minimum atomic E-state index is -4.66. The van der Waals surface area contributed by atoms with Crippen LogP contribution in [-0.2, 0) is 11.0 Å². The molecule has 0 aromatic heterocycles. The molecule has 1 aromatic carbocycles. The molecule has 1 aliphatic carbocycles. The summed E-state index contributed by atoms with van der Waals surface area (Å²) in [5, 5.41) is 5.25. The van der Waals surface area contributed by atoms with Gasteiger partial charge in [-0.2, -0.15) is 13.2 Å². The molecule has 0 spiro atoms. The van der Waals surface area contributed by atoms with Crippen molar-refractivity contribution in [3.8, 4) is 0 Å². The van der Waals surface area contributed by atoms with Gasteiger partial charge >= 0.3 is 12.2 Å². The summed E-state index contributed by atoms with van der Waals surface area (Å²) < 4.78 is 40.4. The number of nitrogens with one attached hydrogen (secondary N) is 2. The first kappa shape index (κ1) is 30.1. The zero-order valence-electron chi connectivity index (χ0n) is 23.9. The lowest BCUT2D eigenvalue weighted by atomic mass is 9.77. The van der Waals surface area contributed by atoms with Crippen LogP contribution in [0.15, 0.2) is 18.2 Å². The summed E-state index contributed by atoms with van der Waals surface area (Å²) in [7, 11) is 2.15. The summed E-state index contributed by atoms with van der Waals surface area (Å²) in [6.07, 6.45) is 1.50. The van der Waals surface area contributed by atoms with Gasteiger partial charge in [-0.15, -0.1) is 0 Å². The molecule has 11 heteroatoms. The van der Waals surface area contributed by atoms with Gasteiger partial charge in [-0.1, -0.05) is 13.3 Å². The van der Waals surface area contributed by atoms with Gasteiger partial charge in [-0.25, -0.2) is 4.79 Å². The van der Waals surface area contributed by atoms with Crippen LogP contribution < -0.4 is 10.6 Å². The second-order valence-electron chi connectivity index (χ2n) is 11.7. The normalized spacial score (nSPS) is 25.4. The lowest BCUT2D eigenvalue weighted by Gasteiger charge is -2.44. The second-order valence-corrected chi connectivity index (χ2v) is 11.7. The van der Waals surface area contributed by atoms with Gasteiger partial charge in [0.15, 0.2) is 0 Å². The SMILES string of the molecule is CCC[C@@H]1C[C@H](N(C)C(C)C)CC[C@@H]1N1CC[C@H](NC(=O)c2cc(C(F)(F)F)ccc2NC(=O)N2CCC2)C1=O. The molecule has 3 fully saturated rings. The summed E-state index contributed by atoms with van der Waals surface area (Å²) >= 11 is 0. The third-order valence-corrected chi connectivity index (χ3v) is 8.89. The van der Waals surface area contributed by atoms with Crippen molar-refractivity contribution in [1.29, 1.82) is 0 Å². The van der Waals surface area contributed by atoms with E-state index in [1.54, 1.807) is 0 Å². The van der Waals surface area contributed by atoms with Crippen molar-refractivity contribution in [2.45, 2.75) is 96.1 Å². The smallest absolute Gasteiger partial charge is 0.340 e. The maximum absolute atomic E-state index is 13.5. The van der Waals surface area contributed by atoms with Crippen LogP contribution in [0.25, 0.3) is 0 Å². The van der Waals surface area contributed by atoms with Crippen LogP contribution in [0.1, 0.15) is 81.6 Å². The van der Waals surface area contributed by atoms with Gasteiger partial charge in [0.25, 0.3) is 5.91 Å². The first-order valence-corrected chi connectivity index (χ1v) is 14.5. The van der Waals surface area contributed by atoms with Crippen molar-refractivity contribution in [3.63, 3.8) is 0 Å². The van der Waals surface area contributed by atoms with Crippen LogP contribution in [0.5, 0.6) is 0 Å². The Balaban J connectivity index is 1.47. The van der Waals surface area contributed by atoms with Gasteiger partial charge in [0.05, 0.1) is 16.8 Å². The molecule has 222 valence electrons. The minimum absolute atomic E-state index is 0.0136. The van der Waals surface area contributed by atoms with E-state index >= 15 is 0 Å². The molecule has 1 aromatic rings. The predicted molar refractivity (Wildman–Crippen MR) is 147 cm³/mol. The standard InChI is InChI=1S/C29H42F3N5O3/c1-5-7-19-16-21(35(4)18(2)3)9-11-25(19)37-15-12-24(27(37)39)33-26(38)22-17-20(29(30,31)32)8-10-23(22)34-28(40)36-13-6-14-36/h8,10,17-19,21,24-25H,5-7,9,11-16H2,1-4H3,(H,33,38)(H,34,40)/t19-,21-,24+,25+/m1/s1. The van der Waals surface area contributed by atoms with Crippen LogP contribution in [0, 0.1) is 5.92 Å². The quantitative estimate of drug-likeness (QED) is 0.467. The highest BCUT2D eigenvalue weighted by Gasteiger charge is 2.43. The van der Waals surface area contributed by atoms with Gasteiger partial charge in [0.2, 0.25) is 5.91 Å². The fourth-order valence-electron chi connectivity index (χ4n) is 6.24.